The predicted molar refractivity (Wildman–Crippen MR) is 54.4 cm³/mol. The molecule has 0 unspecified atom stereocenters. The van der Waals surface area contributed by atoms with E-state index in [9.17, 15) is 18.0 Å². The van der Waals surface area contributed by atoms with Crippen LogP contribution in [0.15, 0.2) is 30.3 Å². The molecule has 0 spiro atoms. The molecule has 0 aliphatic carbocycles. The van der Waals surface area contributed by atoms with Gasteiger partial charge in [0.15, 0.2) is 6.29 Å². The molecule has 17 heavy (non-hydrogen) atoms. The fourth-order valence-corrected chi connectivity index (χ4v) is 1.40. The van der Waals surface area contributed by atoms with Crippen LogP contribution in [0.25, 0.3) is 11.3 Å². The molecule has 0 fully saturated rings. The minimum Gasteiger partial charge on any atom is -0.296 e. The average Bonchev–Trinajstić information content (AvgIpc) is 2.76. The van der Waals surface area contributed by atoms with E-state index in [1.54, 1.807) is 0 Å². The molecule has 1 aromatic carbocycles. The van der Waals surface area contributed by atoms with Crippen LogP contribution in [0.5, 0.6) is 0 Å². The number of hydrogen-bond donors (Lipinski definition) is 1. The smallest absolute Gasteiger partial charge is 0.296 e. The SMILES string of the molecule is O=Cc1cc(-c2cccc(C(F)(F)F)c2)n[nH]1. The monoisotopic (exact) mass is 240 g/mol. The number of carbonyl (C=O) groups excluding carboxylic acids is 1. The van der Waals surface area contributed by atoms with Gasteiger partial charge in [0.2, 0.25) is 0 Å². The van der Waals surface area contributed by atoms with Gasteiger partial charge in [0.25, 0.3) is 0 Å². The predicted octanol–water partition coefficient (Wildman–Crippen LogP) is 2.91. The van der Waals surface area contributed by atoms with Crippen molar-refractivity contribution in [2.45, 2.75) is 6.18 Å². The zero-order chi connectivity index (χ0) is 12.5. The molecule has 6 heteroatoms. The largest absolute Gasteiger partial charge is 0.416 e. The van der Waals surface area contributed by atoms with Gasteiger partial charge in [-0.1, -0.05) is 12.1 Å². The van der Waals surface area contributed by atoms with Crippen LogP contribution in [0, 0.1) is 0 Å². The fraction of sp³-hybridized carbons (Fsp3) is 0.0909. The zero-order valence-corrected chi connectivity index (χ0v) is 8.45. The second-order valence-electron chi connectivity index (χ2n) is 3.40. The van der Waals surface area contributed by atoms with Gasteiger partial charge < -0.3 is 0 Å². The lowest BCUT2D eigenvalue weighted by Crippen LogP contribution is -2.04. The van der Waals surface area contributed by atoms with Gasteiger partial charge in [-0.3, -0.25) is 9.89 Å². The number of halogens is 3. The Labute approximate surface area is 94.3 Å². The Bertz CT molecular complexity index is 546. The number of aldehydes is 1. The molecule has 1 aromatic heterocycles. The van der Waals surface area contributed by atoms with Gasteiger partial charge in [0.05, 0.1) is 17.0 Å². The number of H-pyrrole nitrogens is 1. The number of nitrogens with one attached hydrogen (secondary N) is 1. The first-order chi connectivity index (χ1) is 8.00. The second kappa shape index (κ2) is 4.04. The van der Waals surface area contributed by atoms with Gasteiger partial charge in [0.1, 0.15) is 0 Å². The Morgan fingerprint density at radius 1 is 1.24 bits per heavy atom. The molecular weight excluding hydrogens is 233 g/mol. The van der Waals surface area contributed by atoms with Gasteiger partial charge in [-0.2, -0.15) is 18.3 Å². The highest BCUT2D eigenvalue weighted by Crippen LogP contribution is 2.31. The summed E-state index contributed by atoms with van der Waals surface area (Å²) in [6.07, 6.45) is -3.84. The summed E-state index contributed by atoms with van der Waals surface area (Å²) >= 11 is 0. The van der Waals surface area contributed by atoms with Crippen molar-refractivity contribution in [3.63, 3.8) is 0 Å². The van der Waals surface area contributed by atoms with E-state index in [1.165, 1.54) is 18.2 Å². The van der Waals surface area contributed by atoms with E-state index in [2.05, 4.69) is 10.2 Å². The lowest BCUT2D eigenvalue weighted by molar-refractivity contribution is -0.137. The van der Waals surface area contributed by atoms with Gasteiger partial charge in [-0.15, -0.1) is 0 Å². The van der Waals surface area contributed by atoms with Crippen LogP contribution >= 0.6 is 0 Å². The molecule has 0 amide bonds. The third-order valence-electron chi connectivity index (χ3n) is 2.21. The summed E-state index contributed by atoms with van der Waals surface area (Å²) in [5.74, 6) is 0. The highest BCUT2D eigenvalue weighted by Gasteiger charge is 2.30. The van der Waals surface area contributed by atoms with Gasteiger partial charge in [-0.25, -0.2) is 0 Å². The third-order valence-corrected chi connectivity index (χ3v) is 2.21. The Balaban J connectivity index is 2.42. The number of alkyl halides is 3. The third kappa shape index (κ3) is 2.35. The molecule has 1 heterocycles. The van der Waals surface area contributed by atoms with Gasteiger partial charge in [-0.05, 0) is 18.2 Å². The van der Waals surface area contributed by atoms with Crippen molar-refractivity contribution in [1.82, 2.24) is 10.2 Å². The van der Waals surface area contributed by atoms with Crippen LogP contribution in [0.1, 0.15) is 16.1 Å². The summed E-state index contributed by atoms with van der Waals surface area (Å²) in [4.78, 5) is 10.4. The number of nitrogens with zero attached hydrogens (tertiary/aromatic N) is 1. The number of benzene rings is 1. The lowest BCUT2D eigenvalue weighted by atomic mass is 10.1. The van der Waals surface area contributed by atoms with E-state index in [-0.39, 0.29) is 5.69 Å². The molecule has 0 atom stereocenters. The number of carbonyl (C=O) groups is 1. The van der Waals surface area contributed by atoms with Gasteiger partial charge in [0, 0.05) is 5.56 Å². The Kier molecular flexibility index (Phi) is 2.71. The van der Waals surface area contributed by atoms with E-state index in [1.807, 2.05) is 0 Å². The number of rotatable bonds is 2. The van der Waals surface area contributed by atoms with E-state index >= 15 is 0 Å². The maximum Gasteiger partial charge on any atom is 0.416 e. The van der Waals surface area contributed by atoms with Crippen molar-refractivity contribution in [2.24, 2.45) is 0 Å². The molecule has 0 saturated heterocycles. The summed E-state index contributed by atoms with van der Waals surface area (Å²) < 4.78 is 37.4. The minimum absolute atomic E-state index is 0.220. The molecule has 88 valence electrons. The summed E-state index contributed by atoms with van der Waals surface area (Å²) in [6, 6.07) is 6.16. The molecule has 0 bridgehead atoms. The Morgan fingerprint density at radius 3 is 2.59 bits per heavy atom. The minimum atomic E-state index is -4.39. The van der Waals surface area contributed by atoms with Crippen molar-refractivity contribution in [2.75, 3.05) is 0 Å². The van der Waals surface area contributed by atoms with Crippen molar-refractivity contribution in [3.8, 4) is 11.3 Å². The first-order valence-corrected chi connectivity index (χ1v) is 4.69. The molecule has 1 N–H and O–H groups in total. The molecule has 2 aromatic rings. The van der Waals surface area contributed by atoms with Crippen molar-refractivity contribution < 1.29 is 18.0 Å². The van der Waals surface area contributed by atoms with Crippen LogP contribution in [-0.4, -0.2) is 16.5 Å². The summed E-state index contributed by atoms with van der Waals surface area (Å²) in [6.45, 7) is 0. The van der Waals surface area contributed by atoms with Gasteiger partial charge >= 0.3 is 6.18 Å². The molecule has 2 rings (SSSR count). The highest BCUT2D eigenvalue weighted by atomic mass is 19.4. The highest BCUT2D eigenvalue weighted by molar-refractivity contribution is 5.75. The van der Waals surface area contributed by atoms with E-state index in [0.717, 1.165) is 12.1 Å². The first kappa shape index (κ1) is 11.4. The molecular formula is C11H7F3N2O. The lowest BCUT2D eigenvalue weighted by Gasteiger charge is -2.07. The maximum atomic E-state index is 12.5. The first-order valence-electron chi connectivity index (χ1n) is 4.69. The number of aromatic nitrogens is 2. The number of hydrogen-bond acceptors (Lipinski definition) is 2. The van der Waals surface area contributed by atoms with E-state index in [4.69, 9.17) is 0 Å². The number of aromatic amines is 1. The Hall–Kier alpha value is -2.11. The normalized spacial score (nSPS) is 11.5. The molecule has 0 aliphatic rings. The topological polar surface area (TPSA) is 45.8 Å². The van der Waals surface area contributed by atoms with Crippen molar-refractivity contribution in [3.05, 3.63) is 41.6 Å². The second-order valence-corrected chi connectivity index (χ2v) is 3.40. The molecule has 0 aliphatic heterocycles. The zero-order valence-electron chi connectivity index (χ0n) is 8.45. The van der Waals surface area contributed by atoms with Crippen LogP contribution in [0.2, 0.25) is 0 Å². The summed E-state index contributed by atoms with van der Waals surface area (Å²) in [7, 11) is 0. The maximum absolute atomic E-state index is 12.5. The molecule has 0 radical (unpaired) electrons. The van der Waals surface area contributed by atoms with Crippen LogP contribution in [0.4, 0.5) is 13.2 Å². The van der Waals surface area contributed by atoms with Crippen LogP contribution < -0.4 is 0 Å². The summed E-state index contributed by atoms with van der Waals surface area (Å²) in [5, 5.41) is 6.17. The van der Waals surface area contributed by atoms with Crippen LogP contribution in [-0.2, 0) is 6.18 Å². The Morgan fingerprint density at radius 2 is 2.00 bits per heavy atom. The van der Waals surface area contributed by atoms with Crippen molar-refractivity contribution in [1.29, 1.82) is 0 Å². The molecule has 0 saturated carbocycles. The quantitative estimate of drug-likeness (QED) is 0.820. The van der Waals surface area contributed by atoms with Crippen molar-refractivity contribution >= 4 is 6.29 Å². The fourth-order valence-electron chi connectivity index (χ4n) is 1.40. The van der Waals surface area contributed by atoms with E-state index < -0.39 is 11.7 Å². The summed E-state index contributed by atoms with van der Waals surface area (Å²) in [5.41, 5.74) is 0.0884. The van der Waals surface area contributed by atoms with Crippen LogP contribution in [0.3, 0.4) is 0 Å². The van der Waals surface area contributed by atoms with E-state index in [0.29, 0.717) is 17.5 Å². The standard InChI is InChI=1S/C11H7F3N2O/c12-11(13,14)8-3-1-2-7(4-8)10-5-9(6-17)15-16-10/h1-6H,(H,15,16). The molecule has 3 nitrogen and oxygen atoms in total. The average molecular weight is 240 g/mol.